The number of nitrogens with zero attached hydrogens (tertiary/aromatic N) is 5. The van der Waals surface area contributed by atoms with Crippen LogP contribution in [0.5, 0.6) is 0 Å². The molecule has 2 fully saturated rings. The van der Waals surface area contributed by atoms with Crippen molar-refractivity contribution >= 4 is 23.2 Å². The number of carbonyl (C=O) groups is 1. The Balaban J connectivity index is 1.49. The molecule has 3 rings (SSSR count). The van der Waals surface area contributed by atoms with Crippen molar-refractivity contribution in [3.8, 4) is 0 Å². The number of likely N-dealkylation sites (tertiary alicyclic amines) is 1. The van der Waals surface area contributed by atoms with Crippen LogP contribution in [0.15, 0.2) is 11.2 Å². The highest BCUT2D eigenvalue weighted by Gasteiger charge is 2.28. The van der Waals surface area contributed by atoms with Crippen molar-refractivity contribution in [2.45, 2.75) is 40.7 Å². The van der Waals surface area contributed by atoms with Crippen molar-refractivity contribution in [2.24, 2.45) is 16.8 Å². The van der Waals surface area contributed by atoms with Crippen LogP contribution in [0.1, 0.15) is 37.1 Å². The summed E-state index contributed by atoms with van der Waals surface area (Å²) in [6, 6.07) is 0. The smallest absolute Gasteiger partial charge is 0.236 e. The lowest BCUT2D eigenvalue weighted by molar-refractivity contribution is -0.135. The van der Waals surface area contributed by atoms with Crippen LogP contribution in [0.3, 0.4) is 0 Å². The van der Waals surface area contributed by atoms with Gasteiger partial charge in [0.2, 0.25) is 5.91 Å². The molecule has 1 N–H and O–H groups in total. The zero-order chi connectivity index (χ0) is 20.8. The Bertz CT molecular complexity index is 687. The summed E-state index contributed by atoms with van der Waals surface area (Å²) in [7, 11) is 0. The van der Waals surface area contributed by atoms with Crippen LogP contribution < -0.4 is 5.32 Å². The molecule has 0 aromatic carbocycles. The Morgan fingerprint density at radius 1 is 1.21 bits per heavy atom. The summed E-state index contributed by atoms with van der Waals surface area (Å²) in [6.07, 6.45) is 3.14. The fourth-order valence-corrected chi connectivity index (χ4v) is 5.03. The van der Waals surface area contributed by atoms with Crippen molar-refractivity contribution in [3.05, 3.63) is 16.1 Å². The SMILES string of the molecule is CCNC(=NCc1ncc(C)s1)N1CCN(CC(=O)N2CC(C)CC(C)C2)CC1. The molecule has 8 heteroatoms. The van der Waals surface area contributed by atoms with E-state index in [2.05, 4.69) is 52.7 Å². The molecule has 2 unspecified atom stereocenters. The first-order chi connectivity index (χ1) is 13.9. The fourth-order valence-electron chi connectivity index (χ4n) is 4.32. The molecule has 2 aliphatic rings. The molecule has 0 bridgehead atoms. The highest BCUT2D eigenvalue weighted by Crippen LogP contribution is 2.21. The number of carbonyl (C=O) groups excluding carboxylic acids is 1. The molecule has 1 amide bonds. The van der Waals surface area contributed by atoms with Gasteiger partial charge in [-0.25, -0.2) is 9.98 Å². The van der Waals surface area contributed by atoms with E-state index in [1.807, 2.05) is 6.20 Å². The molecule has 0 radical (unpaired) electrons. The van der Waals surface area contributed by atoms with Gasteiger partial charge in [0.25, 0.3) is 0 Å². The van der Waals surface area contributed by atoms with E-state index in [1.165, 1.54) is 11.3 Å². The van der Waals surface area contributed by atoms with Crippen molar-refractivity contribution in [1.29, 1.82) is 0 Å². The Morgan fingerprint density at radius 2 is 1.90 bits per heavy atom. The molecule has 2 saturated heterocycles. The van der Waals surface area contributed by atoms with Gasteiger partial charge in [0.1, 0.15) is 5.01 Å². The predicted octanol–water partition coefficient (Wildman–Crippen LogP) is 2.04. The number of aryl methyl sites for hydroxylation is 1. The van der Waals surface area contributed by atoms with Gasteiger partial charge in [-0.15, -0.1) is 11.3 Å². The van der Waals surface area contributed by atoms with Gasteiger partial charge in [0.15, 0.2) is 5.96 Å². The van der Waals surface area contributed by atoms with Crippen LogP contribution in [0, 0.1) is 18.8 Å². The standard InChI is InChI=1S/C21H36N6OS/c1-5-22-21(24-12-19-23-11-18(4)29-19)26-8-6-25(7-9-26)15-20(28)27-13-16(2)10-17(3)14-27/h11,16-17H,5-10,12-15H2,1-4H3,(H,22,24). The van der Waals surface area contributed by atoms with E-state index in [1.54, 1.807) is 11.3 Å². The number of guanidine groups is 1. The summed E-state index contributed by atoms with van der Waals surface area (Å²) >= 11 is 1.70. The number of hydrogen-bond acceptors (Lipinski definition) is 5. The number of aliphatic imine (C=N–C) groups is 1. The number of piperazine rings is 1. The Labute approximate surface area is 179 Å². The number of amides is 1. The first kappa shape index (κ1) is 22.0. The van der Waals surface area contributed by atoms with Gasteiger partial charge in [0.05, 0.1) is 13.1 Å². The number of aromatic nitrogens is 1. The summed E-state index contributed by atoms with van der Waals surface area (Å²) in [5.41, 5.74) is 0. The van der Waals surface area contributed by atoms with Gasteiger partial charge in [0, 0.05) is 56.9 Å². The van der Waals surface area contributed by atoms with Crippen LogP contribution in [0.2, 0.25) is 0 Å². The molecule has 1 aromatic rings. The molecular formula is C21H36N6OS. The lowest BCUT2D eigenvalue weighted by atomic mass is 9.92. The average molecular weight is 421 g/mol. The van der Waals surface area contributed by atoms with Crippen LogP contribution in [-0.2, 0) is 11.3 Å². The lowest BCUT2D eigenvalue weighted by Crippen LogP contribution is -2.55. The highest BCUT2D eigenvalue weighted by atomic mass is 32.1. The molecule has 2 atom stereocenters. The summed E-state index contributed by atoms with van der Waals surface area (Å²) < 4.78 is 0. The third kappa shape index (κ3) is 6.40. The monoisotopic (exact) mass is 420 g/mol. The zero-order valence-electron chi connectivity index (χ0n) is 18.4. The topological polar surface area (TPSA) is 64.1 Å². The van der Waals surface area contributed by atoms with Crippen LogP contribution in [-0.4, -0.2) is 83.9 Å². The third-order valence-electron chi connectivity index (χ3n) is 5.62. The van der Waals surface area contributed by atoms with Gasteiger partial charge in [-0.05, 0) is 32.1 Å². The third-order valence-corrected chi connectivity index (χ3v) is 6.52. The maximum absolute atomic E-state index is 12.8. The van der Waals surface area contributed by atoms with Crippen molar-refractivity contribution < 1.29 is 4.79 Å². The molecule has 3 heterocycles. The molecular weight excluding hydrogens is 384 g/mol. The maximum atomic E-state index is 12.8. The summed E-state index contributed by atoms with van der Waals surface area (Å²) in [5.74, 6) is 2.46. The molecule has 162 valence electrons. The number of nitrogens with one attached hydrogen (secondary N) is 1. The molecule has 7 nitrogen and oxygen atoms in total. The van der Waals surface area contributed by atoms with Gasteiger partial charge >= 0.3 is 0 Å². The number of rotatable bonds is 5. The van der Waals surface area contributed by atoms with E-state index in [0.717, 1.165) is 56.8 Å². The molecule has 0 aliphatic carbocycles. The molecule has 0 saturated carbocycles. The molecule has 1 aromatic heterocycles. The van der Waals surface area contributed by atoms with E-state index >= 15 is 0 Å². The number of thiazole rings is 1. The summed E-state index contributed by atoms with van der Waals surface area (Å²) in [4.78, 5) is 29.8. The molecule has 2 aliphatic heterocycles. The van der Waals surface area contributed by atoms with Gasteiger partial charge < -0.3 is 15.1 Å². The second-order valence-corrected chi connectivity index (χ2v) is 9.86. The lowest BCUT2D eigenvalue weighted by Gasteiger charge is -2.39. The van der Waals surface area contributed by atoms with Crippen LogP contribution >= 0.6 is 11.3 Å². The second-order valence-electron chi connectivity index (χ2n) is 8.54. The van der Waals surface area contributed by atoms with E-state index < -0.39 is 0 Å². The van der Waals surface area contributed by atoms with E-state index in [0.29, 0.717) is 24.9 Å². The Morgan fingerprint density at radius 3 is 2.48 bits per heavy atom. The van der Waals surface area contributed by atoms with Crippen molar-refractivity contribution in [1.82, 2.24) is 25.0 Å². The maximum Gasteiger partial charge on any atom is 0.236 e. The van der Waals surface area contributed by atoms with E-state index in [-0.39, 0.29) is 5.91 Å². The zero-order valence-corrected chi connectivity index (χ0v) is 19.2. The second kappa shape index (κ2) is 10.4. The van der Waals surface area contributed by atoms with E-state index in [9.17, 15) is 4.79 Å². The van der Waals surface area contributed by atoms with Gasteiger partial charge in [-0.1, -0.05) is 13.8 Å². The van der Waals surface area contributed by atoms with Crippen LogP contribution in [0.25, 0.3) is 0 Å². The minimum Gasteiger partial charge on any atom is -0.357 e. The van der Waals surface area contributed by atoms with Gasteiger partial charge in [-0.3, -0.25) is 9.69 Å². The van der Waals surface area contributed by atoms with Gasteiger partial charge in [-0.2, -0.15) is 0 Å². The fraction of sp³-hybridized carbons (Fsp3) is 0.762. The number of piperidine rings is 1. The van der Waals surface area contributed by atoms with E-state index in [4.69, 9.17) is 4.99 Å². The quantitative estimate of drug-likeness (QED) is 0.583. The predicted molar refractivity (Wildman–Crippen MR) is 119 cm³/mol. The number of hydrogen-bond donors (Lipinski definition) is 1. The highest BCUT2D eigenvalue weighted by molar-refractivity contribution is 7.11. The van der Waals surface area contributed by atoms with Crippen molar-refractivity contribution in [3.63, 3.8) is 0 Å². The first-order valence-corrected chi connectivity index (χ1v) is 11.7. The average Bonchev–Trinajstić information content (AvgIpc) is 3.10. The van der Waals surface area contributed by atoms with Crippen molar-refractivity contribution in [2.75, 3.05) is 52.4 Å². The summed E-state index contributed by atoms with van der Waals surface area (Å²) in [5, 5.41) is 4.45. The Kier molecular flexibility index (Phi) is 7.89. The minimum absolute atomic E-state index is 0.288. The Hall–Kier alpha value is -1.67. The molecule has 0 spiro atoms. The normalized spacial score (nSPS) is 24.1. The first-order valence-electron chi connectivity index (χ1n) is 10.9. The summed E-state index contributed by atoms with van der Waals surface area (Å²) in [6.45, 7) is 16.1. The molecule has 29 heavy (non-hydrogen) atoms. The largest absolute Gasteiger partial charge is 0.357 e. The van der Waals surface area contributed by atoms with Crippen LogP contribution in [0.4, 0.5) is 0 Å². The minimum atomic E-state index is 0.288.